The summed E-state index contributed by atoms with van der Waals surface area (Å²) in [4.78, 5) is 28.4. The first-order chi connectivity index (χ1) is 10.6. The molecule has 0 saturated carbocycles. The zero-order valence-corrected chi connectivity index (χ0v) is 12.2. The Bertz CT molecular complexity index is 627. The van der Waals surface area contributed by atoms with Crippen molar-refractivity contribution in [2.24, 2.45) is 10.9 Å². The van der Waals surface area contributed by atoms with E-state index in [9.17, 15) is 9.59 Å². The average Bonchev–Trinajstić information content (AvgIpc) is 3.01. The smallest absolute Gasteiger partial charge is 0.261 e. The van der Waals surface area contributed by atoms with E-state index in [0.29, 0.717) is 18.7 Å². The molecule has 0 saturated heterocycles. The molecule has 2 aliphatic rings. The summed E-state index contributed by atoms with van der Waals surface area (Å²) in [6.07, 6.45) is 2.54. The van der Waals surface area contributed by atoms with Gasteiger partial charge in [0.2, 0.25) is 12.0 Å². The average molecular weight is 301 g/mol. The zero-order chi connectivity index (χ0) is 15.5. The van der Waals surface area contributed by atoms with Crippen LogP contribution in [0.15, 0.2) is 29.4 Å². The van der Waals surface area contributed by atoms with Gasteiger partial charge in [-0.1, -0.05) is 29.4 Å². The van der Waals surface area contributed by atoms with E-state index < -0.39 is 12.0 Å². The Morgan fingerprint density at radius 3 is 2.95 bits per heavy atom. The second kappa shape index (κ2) is 6.17. The van der Waals surface area contributed by atoms with Crippen LogP contribution >= 0.6 is 0 Å². The third kappa shape index (κ3) is 2.95. The predicted molar refractivity (Wildman–Crippen MR) is 81.3 cm³/mol. The van der Waals surface area contributed by atoms with Crippen LogP contribution in [0.3, 0.4) is 0 Å². The number of nitrogens with two attached hydrogens (primary N) is 1. The lowest BCUT2D eigenvalue weighted by molar-refractivity contribution is -0.127. The van der Waals surface area contributed by atoms with Gasteiger partial charge < -0.3 is 15.9 Å². The van der Waals surface area contributed by atoms with Crippen LogP contribution in [0, 0.1) is 0 Å². The van der Waals surface area contributed by atoms with Gasteiger partial charge >= 0.3 is 0 Å². The number of nitrogens with one attached hydrogen (secondary N) is 1. The maximum absolute atomic E-state index is 12.4. The van der Waals surface area contributed by atoms with Crippen molar-refractivity contribution in [1.82, 2.24) is 5.32 Å². The van der Waals surface area contributed by atoms with Gasteiger partial charge in [0.25, 0.3) is 5.91 Å². The molecule has 22 heavy (non-hydrogen) atoms. The molecule has 0 radical (unpaired) electrons. The number of hydrogen-bond acceptors (Lipinski definition) is 4. The number of amides is 2. The Morgan fingerprint density at radius 1 is 1.36 bits per heavy atom. The van der Waals surface area contributed by atoms with Crippen LogP contribution in [0.25, 0.3) is 0 Å². The number of primary amides is 1. The molecule has 3 N–H and O–H groups in total. The number of carbonyl (C=O) groups excluding carboxylic acids is 2. The van der Waals surface area contributed by atoms with E-state index >= 15 is 0 Å². The Morgan fingerprint density at radius 2 is 2.18 bits per heavy atom. The lowest BCUT2D eigenvalue weighted by atomic mass is 9.82. The third-order valence-electron chi connectivity index (χ3n) is 4.20. The quantitative estimate of drug-likeness (QED) is 0.863. The van der Waals surface area contributed by atoms with Gasteiger partial charge in [-0.2, -0.15) is 0 Å². The molecule has 116 valence electrons. The number of fused-ring (bicyclic) bond motifs is 1. The maximum atomic E-state index is 12.4. The van der Waals surface area contributed by atoms with Crippen LogP contribution in [0.1, 0.15) is 36.3 Å². The second-order valence-electron chi connectivity index (χ2n) is 5.72. The molecule has 6 nitrogen and oxygen atoms in total. The van der Waals surface area contributed by atoms with E-state index in [0.717, 1.165) is 24.8 Å². The molecule has 0 aromatic heterocycles. The fraction of sp³-hybridized carbons (Fsp3) is 0.438. The molecule has 1 heterocycles. The summed E-state index contributed by atoms with van der Waals surface area (Å²) in [5, 5.41) is 6.69. The summed E-state index contributed by atoms with van der Waals surface area (Å²) in [7, 11) is 0. The molecule has 2 amide bonds. The molecule has 1 aromatic carbocycles. The lowest BCUT2D eigenvalue weighted by Crippen LogP contribution is -2.35. The van der Waals surface area contributed by atoms with Gasteiger partial charge in [0, 0.05) is 6.42 Å². The van der Waals surface area contributed by atoms with E-state index in [1.807, 2.05) is 18.2 Å². The molecule has 1 aliphatic carbocycles. The highest BCUT2D eigenvalue weighted by Crippen LogP contribution is 2.31. The van der Waals surface area contributed by atoms with Crippen LogP contribution in [-0.4, -0.2) is 30.2 Å². The van der Waals surface area contributed by atoms with Crippen molar-refractivity contribution >= 4 is 17.5 Å². The topological polar surface area (TPSA) is 93.8 Å². The minimum Gasteiger partial charge on any atom is -0.382 e. The van der Waals surface area contributed by atoms with Gasteiger partial charge in [0.1, 0.15) is 0 Å². The Hall–Kier alpha value is -2.37. The molecule has 0 fully saturated rings. The summed E-state index contributed by atoms with van der Waals surface area (Å²) in [6, 6.07) is 8.09. The molecule has 3 rings (SSSR count). The van der Waals surface area contributed by atoms with Crippen LogP contribution in [0.2, 0.25) is 0 Å². The molecule has 1 aromatic rings. The zero-order valence-electron chi connectivity index (χ0n) is 12.2. The molecule has 2 unspecified atom stereocenters. The van der Waals surface area contributed by atoms with Crippen molar-refractivity contribution in [2.45, 2.75) is 37.7 Å². The van der Waals surface area contributed by atoms with E-state index in [1.54, 1.807) is 0 Å². The highest BCUT2D eigenvalue weighted by molar-refractivity contribution is 5.96. The van der Waals surface area contributed by atoms with Gasteiger partial charge in [0.05, 0.1) is 18.2 Å². The van der Waals surface area contributed by atoms with E-state index in [1.165, 1.54) is 5.56 Å². The van der Waals surface area contributed by atoms with Crippen molar-refractivity contribution in [3.05, 3.63) is 35.4 Å². The van der Waals surface area contributed by atoms with E-state index in [4.69, 9.17) is 10.6 Å². The largest absolute Gasteiger partial charge is 0.382 e. The summed E-state index contributed by atoms with van der Waals surface area (Å²) >= 11 is 0. The van der Waals surface area contributed by atoms with Crippen molar-refractivity contribution in [3.63, 3.8) is 0 Å². The van der Waals surface area contributed by atoms with Crippen LogP contribution in [0.5, 0.6) is 0 Å². The van der Waals surface area contributed by atoms with Crippen molar-refractivity contribution < 1.29 is 14.4 Å². The molecule has 6 heteroatoms. The number of carbonyl (C=O) groups is 2. The molecule has 2 atom stereocenters. The number of nitrogens with zero attached hydrogens (tertiary/aromatic N) is 1. The number of rotatable bonds is 4. The minimum absolute atomic E-state index is 0.00243. The predicted octanol–water partition coefficient (Wildman–Crippen LogP) is 0.853. The van der Waals surface area contributed by atoms with Gasteiger partial charge in [0.15, 0.2) is 0 Å². The third-order valence-corrected chi connectivity index (χ3v) is 4.20. The SMILES string of the molecule is NC(=O)C1CC(CNC(=O)C2CCCc3ccccc32)=NO1. The highest BCUT2D eigenvalue weighted by atomic mass is 16.6. The van der Waals surface area contributed by atoms with Crippen LogP contribution < -0.4 is 11.1 Å². The number of hydrogen-bond donors (Lipinski definition) is 2. The van der Waals surface area contributed by atoms with Crippen LogP contribution in [0.4, 0.5) is 0 Å². The van der Waals surface area contributed by atoms with Gasteiger partial charge in [-0.3, -0.25) is 9.59 Å². The molecule has 0 spiro atoms. The monoisotopic (exact) mass is 301 g/mol. The first kappa shape index (κ1) is 14.6. The van der Waals surface area contributed by atoms with Crippen molar-refractivity contribution in [3.8, 4) is 0 Å². The fourth-order valence-electron chi connectivity index (χ4n) is 3.02. The number of oxime groups is 1. The van der Waals surface area contributed by atoms with Gasteiger partial charge in [-0.25, -0.2) is 0 Å². The van der Waals surface area contributed by atoms with E-state index in [2.05, 4.69) is 16.5 Å². The van der Waals surface area contributed by atoms with E-state index in [-0.39, 0.29) is 11.8 Å². The molecule has 0 bridgehead atoms. The normalized spacial score (nSPS) is 23.2. The minimum atomic E-state index is -0.706. The van der Waals surface area contributed by atoms with Crippen molar-refractivity contribution in [2.75, 3.05) is 6.54 Å². The van der Waals surface area contributed by atoms with Gasteiger partial charge in [-0.05, 0) is 30.4 Å². The van der Waals surface area contributed by atoms with Gasteiger partial charge in [-0.15, -0.1) is 0 Å². The second-order valence-corrected chi connectivity index (χ2v) is 5.72. The first-order valence-electron chi connectivity index (χ1n) is 7.51. The summed E-state index contributed by atoms with van der Waals surface area (Å²) < 4.78 is 0. The first-order valence-corrected chi connectivity index (χ1v) is 7.51. The summed E-state index contributed by atoms with van der Waals surface area (Å²) in [5.74, 6) is -0.650. The summed E-state index contributed by atoms with van der Waals surface area (Å²) in [5.41, 5.74) is 8.17. The standard InChI is InChI=1S/C16H19N3O3/c17-15(20)14-8-11(19-22-14)9-18-16(21)13-7-3-5-10-4-1-2-6-12(10)13/h1-2,4,6,13-14H,3,5,7-9H2,(H2,17,20)(H,18,21). The Kier molecular flexibility index (Phi) is 4.09. The summed E-state index contributed by atoms with van der Waals surface area (Å²) in [6.45, 7) is 0.293. The Balaban J connectivity index is 1.59. The lowest BCUT2D eigenvalue weighted by Gasteiger charge is -2.24. The molecule has 1 aliphatic heterocycles. The molecular formula is C16H19N3O3. The molecular weight excluding hydrogens is 282 g/mol. The number of aryl methyl sites for hydroxylation is 1. The van der Waals surface area contributed by atoms with Crippen LogP contribution in [-0.2, 0) is 20.8 Å². The fourth-order valence-corrected chi connectivity index (χ4v) is 3.02. The number of benzene rings is 1. The van der Waals surface area contributed by atoms with Crippen molar-refractivity contribution in [1.29, 1.82) is 0 Å². The highest BCUT2D eigenvalue weighted by Gasteiger charge is 2.28. The Labute approximate surface area is 128 Å². The maximum Gasteiger partial charge on any atom is 0.261 e.